The van der Waals surface area contributed by atoms with E-state index in [9.17, 15) is 27.6 Å². The molecule has 0 aromatic heterocycles. The molecule has 10 nitrogen and oxygen atoms in total. The number of amides is 4. The lowest BCUT2D eigenvalue weighted by molar-refractivity contribution is -0.136. The van der Waals surface area contributed by atoms with Gasteiger partial charge in [-0.15, -0.1) is 0 Å². The van der Waals surface area contributed by atoms with Crippen molar-refractivity contribution in [3.8, 4) is 0 Å². The van der Waals surface area contributed by atoms with E-state index < -0.39 is 39.8 Å². The van der Waals surface area contributed by atoms with Gasteiger partial charge in [0, 0.05) is 18.7 Å². The Morgan fingerprint density at radius 1 is 1.06 bits per heavy atom. The van der Waals surface area contributed by atoms with Crippen LogP contribution in [0, 0.1) is 6.92 Å². The molecule has 0 radical (unpaired) electrons. The van der Waals surface area contributed by atoms with Gasteiger partial charge in [0.15, 0.2) is 0 Å². The molecule has 0 spiro atoms. The number of carbonyl (C=O) groups is 4. The van der Waals surface area contributed by atoms with Crippen LogP contribution in [0.1, 0.15) is 45.5 Å². The number of nitrogens with one attached hydrogen (secondary N) is 2. The average Bonchev–Trinajstić information content (AvgIpc) is 3.05. The topological polar surface area (TPSA) is 139 Å². The summed E-state index contributed by atoms with van der Waals surface area (Å²) >= 11 is 0. The number of rotatable bonds is 8. The van der Waals surface area contributed by atoms with E-state index in [1.165, 1.54) is 18.2 Å². The molecule has 2 heterocycles. The normalized spacial score (nSPS) is 18.1. The van der Waals surface area contributed by atoms with Crippen molar-refractivity contribution in [1.29, 1.82) is 0 Å². The fraction of sp³-hybridized carbons (Fsp3) is 0.304. The van der Waals surface area contributed by atoms with Gasteiger partial charge in [-0.3, -0.25) is 33.6 Å². The Hall–Kier alpha value is -3.57. The van der Waals surface area contributed by atoms with Crippen molar-refractivity contribution in [3.63, 3.8) is 0 Å². The van der Waals surface area contributed by atoms with E-state index in [4.69, 9.17) is 4.18 Å². The van der Waals surface area contributed by atoms with E-state index in [-0.39, 0.29) is 42.0 Å². The highest BCUT2D eigenvalue weighted by molar-refractivity contribution is 7.86. The molecule has 0 aliphatic carbocycles. The molecule has 4 rings (SSSR count). The molecule has 2 aromatic rings. The molecule has 4 amide bonds. The zero-order chi connectivity index (χ0) is 24.5. The maximum absolute atomic E-state index is 13.1. The van der Waals surface area contributed by atoms with E-state index in [2.05, 4.69) is 10.6 Å². The number of piperidine rings is 1. The van der Waals surface area contributed by atoms with Gasteiger partial charge >= 0.3 is 0 Å². The van der Waals surface area contributed by atoms with Crippen LogP contribution in [-0.2, 0) is 23.9 Å². The molecule has 2 aliphatic heterocycles. The Balaban J connectivity index is 1.38. The predicted molar refractivity (Wildman–Crippen MR) is 121 cm³/mol. The Morgan fingerprint density at radius 2 is 1.79 bits per heavy atom. The molecule has 1 saturated heterocycles. The van der Waals surface area contributed by atoms with Gasteiger partial charge in [0.05, 0.1) is 22.6 Å². The third kappa shape index (κ3) is 4.57. The number of hydrogen-bond acceptors (Lipinski definition) is 8. The monoisotopic (exact) mass is 485 g/mol. The molecule has 1 unspecified atom stereocenters. The van der Waals surface area contributed by atoms with Crippen molar-refractivity contribution in [2.75, 3.05) is 18.5 Å². The summed E-state index contributed by atoms with van der Waals surface area (Å²) in [5.41, 5.74) is 1.64. The molecule has 2 N–H and O–H groups in total. The van der Waals surface area contributed by atoms with Gasteiger partial charge < -0.3 is 5.32 Å². The van der Waals surface area contributed by atoms with Crippen molar-refractivity contribution in [2.24, 2.45) is 0 Å². The minimum atomic E-state index is -3.87. The molecule has 1 fully saturated rings. The highest BCUT2D eigenvalue weighted by atomic mass is 32.2. The lowest BCUT2D eigenvalue weighted by atomic mass is 10.0. The lowest BCUT2D eigenvalue weighted by Crippen LogP contribution is -2.54. The number of nitrogens with zero attached hydrogens (tertiary/aromatic N) is 1. The molecule has 0 bridgehead atoms. The molecule has 34 heavy (non-hydrogen) atoms. The minimum absolute atomic E-state index is 0.0421. The van der Waals surface area contributed by atoms with Crippen LogP contribution in [0.2, 0.25) is 0 Å². The Labute approximate surface area is 196 Å². The van der Waals surface area contributed by atoms with Crippen molar-refractivity contribution < 1.29 is 31.8 Å². The smallest absolute Gasteiger partial charge is 0.296 e. The molecule has 2 aromatic carbocycles. The minimum Gasteiger partial charge on any atom is -0.384 e. The van der Waals surface area contributed by atoms with E-state index in [1.54, 1.807) is 24.3 Å². The third-order valence-corrected chi connectivity index (χ3v) is 6.98. The van der Waals surface area contributed by atoms with Gasteiger partial charge in [0.1, 0.15) is 6.04 Å². The van der Waals surface area contributed by atoms with Crippen LogP contribution < -0.4 is 10.6 Å². The highest BCUT2D eigenvalue weighted by Gasteiger charge is 2.45. The number of fused-ring (bicyclic) bond motifs is 1. The first-order chi connectivity index (χ1) is 16.2. The number of carbonyl (C=O) groups excluding carboxylic acids is 4. The van der Waals surface area contributed by atoms with Gasteiger partial charge in [0.25, 0.3) is 21.9 Å². The number of aryl methyl sites for hydroxylation is 1. The zero-order valence-corrected chi connectivity index (χ0v) is 19.2. The zero-order valence-electron chi connectivity index (χ0n) is 18.4. The molecule has 2 aliphatic rings. The van der Waals surface area contributed by atoms with Crippen LogP contribution in [-0.4, -0.2) is 56.1 Å². The highest BCUT2D eigenvalue weighted by Crippen LogP contribution is 2.32. The molecule has 11 heteroatoms. The van der Waals surface area contributed by atoms with Gasteiger partial charge in [0.2, 0.25) is 11.8 Å². The number of benzene rings is 2. The van der Waals surface area contributed by atoms with E-state index in [1.807, 2.05) is 6.92 Å². The van der Waals surface area contributed by atoms with Crippen LogP contribution in [0.4, 0.5) is 5.69 Å². The van der Waals surface area contributed by atoms with Crippen LogP contribution >= 0.6 is 0 Å². The second kappa shape index (κ2) is 9.35. The first kappa shape index (κ1) is 23.6. The van der Waals surface area contributed by atoms with E-state index in [0.29, 0.717) is 12.1 Å². The quantitative estimate of drug-likeness (QED) is 0.327. The largest absolute Gasteiger partial charge is 0.384 e. The summed E-state index contributed by atoms with van der Waals surface area (Å²) < 4.78 is 29.6. The average molecular weight is 486 g/mol. The first-order valence-electron chi connectivity index (χ1n) is 10.7. The fourth-order valence-electron chi connectivity index (χ4n) is 3.90. The maximum Gasteiger partial charge on any atom is 0.296 e. The van der Waals surface area contributed by atoms with Gasteiger partial charge in [-0.25, -0.2) is 0 Å². The van der Waals surface area contributed by atoms with E-state index >= 15 is 0 Å². The summed E-state index contributed by atoms with van der Waals surface area (Å²) in [5.74, 6) is -2.32. The summed E-state index contributed by atoms with van der Waals surface area (Å²) in [7, 11) is -3.87. The molecular weight excluding hydrogens is 462 g/mol. The van der Waals surface area contributed by atoms with Crippen molar-refractivity contribution in [3.05, 3.63) is 59.2 Å². The van der Waals surface area contributed by atoms with Crippen LogP contribution in [0.5, 0.6) is 0 Å². The standard InChI is InChI=1S/C23H23N3O7S/c1-14-6-8-15(9-7-14)34(31,32)33-13-3-12-24-17-5-2-4-16-20(17)23(30)26(22(16)29)18-10-11-19(27)25-21(18)28/h2,4-9,18,24H,3,10-13H2,1H3,(H,25,27,28). The first-order valence-corrected chi connectivity index (χ1v) is 12.1. The van der Waals surface area contributed by atoms with Gasteiger partial charge in [-0.2, -0.15) is 8.42 Å². The number of anilines is 1. The van der Waals surface area contributed by atoms with Crippen LogP contribution in [0.15, 0.2) is 47.4 Å². The second-order valence-corrected chi connectivity index (χ2v) is 9.66. The van der Waals surface area contributed by atoms with Crippen molar-refractivity contribution in [2.45, 2.75) is 37.1 Å². The summed E-state index contributed by atoms with van der Waals surface area (Å²) in [6.07, 6.45) is 0.430. The Morgan fingerprint density at radius 3 is 2.50 bits per heavy atom. The SMILES string of the molecule is Cc1ccc(S(=O)(=O)OCCCNc2cccc3c2C(=O)N(C2CCC(=O)NC2=O)C3=O)cc1. The second-order valence-electron chi connectivity index (χ2n) is 8.04. The molecule has 178 valence electrons. The van der Waals surface area contributed by atoms with Crippen LogP contribution in [0.25, 0.3) is 0 Å². The van der Waals surface area contributed by atoms with Gasteiger partial charge in [-0.1, -0.05) is 23.8 Å². The number of imide groups is 2. The molecule has 0 saturated carbocycles. The Bertz CT molecular complexity index is 1270. The van der Waals surface area contributed by atoms with E-state index in [0.717, 1.165) is 10.5 Å². The third-order valence-electron chi connectivity index (χ3n) is 5.65. The number of hydrogen-bond donors (Lipinski definition) is 2. The fourth-order valence-corrected chi connectivity index (χ4v) is 4.84. The predicted octanol–water partition coefficient (Wildman–Crippen LogP) is 1.60. The molecular formula is C23H23N3O7S. The van der Waals surface area contributed by atoms with Crippen molar-refractivity contribution >= 4 is 39.4 Å². The Kier molecular flexibility index (Phi) is 6.49. The lowest BCUT2D eigenvalue weighted by Gasteiger charge is -2.27. The summed E-state index contributed by atoms with van der Waals surface area (Å²) in [6.45, 7) is 2.05. The summed E-state index contributed by atoms with van der Waals surface area (Å²) in [6, 6.07) is 10.0. The van der Waals surface area contributed by atoms with Crippen molar-refractivity contribution in [1.82, 2.24) is 10.2 Å². The maximum atomic E-state index is 13.1. The van der Waals surface area contributed by atoms with Crippen LogP contribution in [0.3, 0.4) is 0 Å². The van der Waals surface area contributed by atoms with Gasteiger partial charge in [-0.05, 0) is 44.0 Å². The summed E-state index contributed by atoms with van der Waals surface area (Å²) in [4.78, 5) is 50.5. The summed E-state index contributed by atoms with van der Waals surface area (Å²) in [5, 5.41) is 5.20. The molecule has 1 atom stereocenters.